The average Bonchev–Trinajstić information content (AvgIpc) is 3.35. The van der Waals surface area contributed by atoms with Gasteiger partial charge in [0, 0.05) is 33.2 Å². The van der Waals surface area contributed by atoms with Crippen LogP contribution in [-0.2, 0) is 19.9 Å². The highest BCUT2D eigenvalue weighted by atomic mass is 35.5. The van der Waals surface area contributed by atoms with E-state index in [0.717, 1.165) is 4.90 Å². The molecular formula is C23H17Cl4N3O4. The Morgan fingerprint density at radius 3 is 2.29 bits per heavy atom. The molecule has 2 aromatic carbocycles. The second-order valence-electron chi connectivity index (χ2n) is 9.57. The second kappa shape index (κ2) is 7.09. The van der Waals surface area contributed by atoms with Gasteiger partial charge in [-0.25, -0.2) is 4.90 Å². The molecule has 34 heavy (non-hydrogen) atoms. The molecule has 4 heterocycles. The predicted octanol–water partition coefficient (Wildman–Crippen LogP) is 4.09. The van der Waals surface area contributed by atoms with Crippen LogP contribution in [0.3, 0.4) is 0 Å². The van der Waals surface area contributed by atoms with Gasteiger partial charge in [0.05, 0.1) is 33.8 Å². The van der Waals surface area contributed by atoms with E-state index >= 15 is 0 Å². The van der Waals surface area contributed by atoms with Crippen molar-refractivity contribution in [1.82, 2.24) is 4.90 Å². The van der Waals surface area contributed by atoms with Crippen LogP contribution in [0.2, 0.25) is 20.1 Å². The van der Waals surface area contributed by atoms with Crippen molar-refractivity contribution < 1.29 is 19.5 Å². The topological polar surface area (TPSA) is 90.0 Å². The number of anilines is 2. The third-order valence-corrected chi connectivity index (χ3v) is 8.34. The Balaban J connectivity index is 1.59. The van der Waals surface area contributed by atoms with E-state index in [-0.39, 0.29) is 33.7 Å². The maximum Gasteiger partial charge on any atom is 0.250 e. The summed E-state index contributed by atoms with van der Waals surface area (Å²) in [6, 6.07) is 7.02. The molecule has 4 aliphatic heterocycles. The number of halogens is 4. The number of carbonyl (C=O) groups is 3. The molecule has 3 saturated heterocycles. The zero-order valence-corrected chi connectivity index (χ0v) is 20.6. The van der Waals surface area contributed by atoms with Crippen LogP contribution < -0.4 is 10.2 Å². The van der Waals surface area contributed by atoms with E-state index in [9.17, 15) is 19.5 Å². The fourth-order valence-corrected chi connectivity index (χ4v) is 7.42. The highest BCUT2D eigenvalue weighted by Gasteiger charge is 2.76. The lowest BCUT2D eigenvalue weighted by Gasteiger charge is -2.37. The van der Waals surface area contributed by atoms with Crippen molar-refractivity contribution in [2.24, 2.45) is 11.8 Å². The van der Waals surface area contributed by atoms with Crippen LogP contribution in [0, 0.1) is 11.8 Å². The fraction of sp³-hybridized carbons (Fsp3) is 0.348. The van der Waals surface area contributed by atoms with Crippen molar-refractivity contribution in [2.75, 3.05) is 16.8 Å². The smallest absolute Gasteiger partial charge is 0.250 e. The van der Waals surface area contributed by atoms with E-state index in [1.165, 1.54) is 24.3 Å². The molecule has 4 aliphatic rings. The summed E-state index contributed by atoms with van der Waals surface area (Å²) in [6.45, 7) is 1.76. The Morgan fingerprint density at radius 1 is 0.971 bits per heavy atom. The number of hydrogen-bond acceptors (Lipinski definition) is 5. The summed E-state index contributed by atoms with van der Waals surface area (Å²) in [6.07, 6.45) is 0.218. The Labute approximate surface area is 214 Å². The largest absolute Gasteiger partial charge is 0.389 e. The van der Waals surface area contributed by atoms with Crippen molar-refractivity contribution in [3.8, 4) is 0 Å². The molecule has 1 spiro atoms. The van der Waals surface area contributed by atoms with Gasteiger partial charge in [-0.1, -0.05) is 46.4 Å². The van der Waals surface area contributed by atoms with Gasteiger partial charge in [0.1, 0.15) is 5.54 Å². The van der Waals surface area contributed by atoms with Crippen LogP contribution in [0.5, 0.6) is 0 Å². The van der Waals surface area contributed by atoms with Gasteiger partial charge in [-0.15, -0.1) is 0 Å². The molecule has 0 radical (unpaired) electrons. The Morgan fingerprint density at radius 2 is 1.62 bits per heavy atom. The predicted molar refractivity (Wildman–Crippen MR) is 128 cm³/mol. The summed E-state index contributed by atoms with van der Waals surface area (Å²) in [5.41, 5.74) is -1.70. The average molecular weight is 541 g/mol. The molecule has 0 saturated carbocycles. The number of carbonyl (C=O) groups excluding carboxylic acids is 3. The molecule has 11 heteroatoms. The molecule has 7 nitrogen and oxygen atoms in total. The molecule has 6 rings (SSSR count). The maximum atomic E-state index is 14.0. The van der Waals surface area contributed by atoms with Crippen molar-refractivity contribution in [3.05, 3.63) is 56.0 Å². The third kappa shape index (κ3) is 2.77. The molecule has 1 unspecified atom stereocenters. The van der Waals surface area contributed by atoms with Crippen LogP contribution >= 0.6 is 46.4 Å². The first-order valence-electron chi connectivity index (χ1n) is 10.6. The summed E-state index contributed by atoms with van der Waals surface area (Å²) in [5, 5.41) is 14.8. The zero-order valence-electron chi connectivity index (χ0n) is 17.6. The van der Waals surface area contributed by atoms with Gasteiger partial charge in [0.25, 0.3) is 5.91 Å². The number of rotatable bonds is 1. The molecular weight excluding hydrogens is 524 g/mol. The first-order valence-corrected chi connectivity index (χ1v) is 12.1. The van der Waals surface area contributed by atoms with E-state index < -0.39 is 46.7 Å². The number of hydrogen-bond donors (Lipinski definition) is 2. The summed E-state index contributed by atoms with van der Waals surface area (Å²) in [5.74, 6) is -3.40. The van der Waals surface area contributed by atoms with Gasteiger partial charge in [0.15, 0.2) is 0 Å². The van der Waals surface area contributed by atoms with Crippen LogP contribution in [-0.4, -0.2) is 45.9 Å². The van der Waals surface area contributed by atoms with Crippen LogP contribution in [0.15, 0.2) is 30.3 Å². The highest BCUT2D eigenvalue weighted by molar-refractivity contribution is 6.38. The minimum absolute atomic E-state index is 0.102. The lowest BCUT2D eigenvalue weighted by molar-refractivity contribution is -0.136. The van der Waals surface area contributed by atoms with Gasteiger partial charge in [0.2, 0.25) is 11.8 Å². The fourth-order valence-electron chi connectivity index (χ4n) is 6.36. The van der Waals surface area contributed by atoms with E-state index in [1.807, 2.05) is 0 Å². The Bertz CT molecular complexity index is 1310. The summed E-state index contributed by atoms with van der Waals surface area (Å²) in [7, 11) is 0. The first kappa shape index (κ1) is 22.6. The number of imide groups is 1. The second-order valence-corrected chi connectivity index (χ2v) is 11.3. The standard InChI is InChI=1S/C23H17Cl4N3O4/c1-22(34)7-15-16-17(20(32)30(19(16)31)12-3-9(24)2-10(25)4-12)23(29(15)8-22)13-5-11(26)6-14(27)18(13)28-21(23)33/h2-6,15-17,34H,7-8H2,1H3,(H,28,33)/t15-,16+,17-,22+,23?/m1/s1. The monoisotopic (exact) mass is 539 g/mol. The normalized spacial score (nSPS) is 34.1. The third-order valence-electron chi connectivity index (χ3n) is 7.38. The van der Waals surface area contributed by atoms with Crippen LogP contribution in [0.25, 0.3) is 0 Å². The minimum Gasteiger partial charge on any atom is -0.389 e. The molecule has 0 aromatic heterocycles. The quantitative estimate of drug-likeness (QED) is 0.532. The molecule has 0 aliphatic carbocycles. The maximum absolute atomic E-state index is 14.0. The van der Waals surface area contributed by atoms with E-state index in [0.29, 0.717) is 16.3 Å². The summed E-state index contributed by atoms with van der Waals surface area (Å²) >= 11 is 25.0. The first-order chi connectivity index (χ1) is 16.0. The Kier molecular flexibility index (Phi) is 4.71. The van der Waals surface area contributed by atoms with Crippen LogP contribution in [0.1, 0.15) is 18.9 Å². The SMILES string of the molecule is C[C@]1(O)C[C@@H]2[C@@H]3C(=O)N(c4cc(Cl)cc(Cl)c4)C(=O)[C@@H]3C3(C(=O)Nc4c(Cl)cc(Cl)cc43)N2C1. The van der Waals surface area contributed by atoms with Crippen molar-refractivity contribution in [3.63, 3.8) is 0 Å². The van der Waals surface area contributed by atoms with E-state index in [4.69, 9.17) is 46.4 Å². The lowest BCUT2D eigenvalue weighted by Crippen LogP contribution is -2.55. The number of nitrogens with zero attached hydrogens (tertiary/aromatic N) is 2. The number of amides is 3. The van der Waals surface area contributed by atoms with Gasteiger partial charge < -0.3 is 10.4 Å². The lowest BCUT2D eigenvalue weighted by atomic mass is 9.74. The van der Waals surface area contributed by atoms with Crippen molar-refractivity contribution in [2.45, 2.75) is 30.5 Å². The molecule has 5 atom stereocenters. The number of aliphatic hydroxyl groups is 1. The number of nitrogens with one attached hydrogen (secondary N) is 1. The molecule has 176 valence electrons. The van der Waals surface area contributed by atoms with E-state index in [2.05, 4.69) is 5.32 Å². The summed E-state index contributed by atoms with van der Waals surface area (Å²) in [4.78, 5) is 44.4. The molecule has 2 aromatic rings. The highest BCUT2D eigenvalue weighted by Crippen LogP contribution is 2.62. The van der Waals surface area contributed by atoms with Gasteiger partial charge in [-0.05, 0) is 43.7 Å². The van der Waals surface area contributed by atoms with E-state index in [1.54, 1.807) is 17.9 Å². The van der Waals surface area contributed by atoms with Gasteiger partial charge in [-0.3, -0.25) is 19.3 Å². The number of benzene rings is 2. The van der Waals surface area contributed by atoms with Crippen LogP contribution in [0.4, 0.5) is 11.4 Å². The molecule has 2 N–H and O–H groups in total. The molecule has 3 fully saturated rings. The minimum atomic E-state index is -1.55. The van der Waals surface area contributed by atoms with Crippen molar-refractivity contribution in [1.29, 1.82) is 0 Å². The van der Waals surface area contributed by atoms with Crippen molar-refractivity contribution >= 4 is 75.5 Å². The summed E-state index contributed by atoms with van der Waals surface area (Å²) < 4.78 is 0. The number of fused-ring (bicyclic) bond motifs is 7. The zero-order chi connectivity index (χ0) is 24.3. The van der Waals surface area contributed by atoms with Gasteiger partial charge >= 0.3 is 0 Å². The molecule has 3 amide bonds. The van der Waals surface area contributed by atoms with Gasteiger partial charge in [-0.2, -0.15) is 0 Å². The Hall–Kier alpha value is -1.87. The molecule has 0 bridgehead atoms.